The van der Waals surface area contributed by atoms with Gasteiger partial charge in [-0.1, -0.05) is 45.4 Å². The average Bonchev–Trinajstić information content (AvgIpc) is 3.15. The van der Waals surface area contributed by atoms with E-state index in [-0.39, 0.29) is 19.1 Å². The number of ether oxygens (including phenoxy) is 2. The Bertz CT molecular complexity index is 975. The highest BCUT2D eigenvalue weighted by atomic mass is 79.9. The first-order valence-corrected chi connectivity index (χ1v) is 9.11. The second-order valence-corrected chi connectivity index (χ2v) is 7.00. The minimum absolute atomic E-state index is 0.160. The molecule has 0 spiro atoms. The smallest absolute Gasteiger partial charge is 0.267 e. The Balaban J connectivity index is 1.42. The van der Waals surface area contributed by atoms with Gasteiger partial charge in [0.1, 0.15) is 6.61 Å². The van der Waals surface area contributed by atoms with E-state index in [1.165, 1.54) is 4.90 Å². The minimum atomic E-state index is -0.711. The van der Waals surface area contributed by atoms with Crippen LogP contribution in [0.4, 0.5) is 0 Å². The number of para-hydroxylation sites is 2. The predicted octanol–water partition coefficient (Wildman–Crippen LogP) is 3.30. The van der Waals surface area contributed by atoms with E-state index >= 15 is 0 Å². The van der Waals surface area contributed by atoms with E-state index in [0.29, 0.717) is 23.2 Å². The molecule has 0 fully saturated rings. The molecule has 0 N–H and O–H groups in total. The molecule has 0 radical (unpaired) electrons. The Morgan fingerprint density at radius 3 is 2.85 bits per heavy atom. The van der Waals surface area contributed by atoms with Crippen molar-refractivity contribution >= 4 is 21.8 Å². The standard InChI is InChI=1S/C19H16BrN3O4/c1-23(19(24)16-11-25-14-7-2-3-8-15(14)26-16)10-17-21-18(22-27-17)12-5-4-6-13(20)9-12/h2-9,16H,10-11H2,1H3. The molecule has 0 bridgehead atoms. The summed E-state index contributed by atoms with van der Waals surface area (Å²) in [6, 6.07) is 14.9. The van der Waals surface area contributed by atoms with Crippen molar-refractivity contribution in [2.75, 3.05) is 13.7 Å². The van der Waals surface area contributed by atoms with Crippen LogP contribution in [-0.2, 0) is 11.3 Å². The van der Waals surface area contributed by atoms with E-state index in [1.807, 2.05) is 42.5 Å². The van der Waals surface area contributed by atoms with E-state index in [9.17, 15) is 4.79 Å². The average molecular weight is 430 g/mol. The van der Waals surface area contributed by atoms with Crippen LogP contribution in [0.3, 0.4) is 0 Å². The van der Waals surface area contributed by atoms with Crippen LogP contribution in [-0.4, -0.2) is 40.7 Å². The maximum absolute atomic E-state index is 12.7. The van der Waals surface area contributed by atoms with E-state index in [0.717, 1.165) is 10.0 Å². The number of benzene rings is 2. The topological polar surface area (TPSA) is 77.7 Å². The van der Waals surface area contributed by atoms with Gasteiger partial charge in [0.25, 0.3) is 5.91 Å². The Labute approximate surface area is 164 Å². The van der Waals surface area contributed by atoms with Gasteiger partial charge in [-0.15, -0.1) is 0 Å². The zero-order valence-corrected chi connectivity index (χ0v) is 16.0. The highest BCUT2D eigenvalue weighted by Gasteiger charge is 2.30. The Morgan fingerprint density at radius 1 is 1.22 bits per heavy atom. The lowest BCUT2D eigenvalue weighted by molar-refractivity contribution is -0.140. The molecule has 7 nitrogen and oxygen atoms in total. The monoisotopic (exact) mass is 429 g/mol. The largest absolute Gasteiger partial charge is 0.485 e. The molecule has 1 atom stereocenters. The molecular weight excluding hydrogens is 414 g/mol. The fourth-order valence-corrected chi connectivity index (χ4v) is 3.13. The predicted molar refractivity (Wildman–Crippen MR) is 100 cm³/mol. The molecule has 4 rings (SSSR count). The summed E-state index contributed by atoms with van der Waals surface area (Å²) < 4.78 is 17.6. The van der Waals surface area contributed by atoms with E-state index in [4.69, 9.17) is 14.0 Å². The third kappa shape index (κ3) is 3.80. The second kappa shape index (κ2) is 7.40. The molecule has 1 aliphatic heterocycles. The van der Waals surface area contributed by atoms with Crippen LogP contribution >= 0.6 is 15.9 Å². The highest BCUT2D eigenvalue weighted by Crippen LogP contribution is 2.31. The van der Waals surface area contributed by atoms with E-state index in [1.54, 1.807) is 13.1 Å². The van der Waals surface area contributed by atoms with Crippen molar-refractivity contribution in [3.8, 4) is 22.9 Å². The molecule has 1 unspecified atom stereocenters. The number of carbonyl (C=O) groups is 1. The van der Waals surface area contributed by atoms with Crippen molar-refractivity contribution in [1.82, 2.24) is 15.0 Å². The second-order valence-electron chi connectivity index (χ2n) is 6.08. The molecule has 0 aliphatic carbocycles. The maximum Gasteiger partial charge on any atom is 0.267 e. The fraction of sp³-hybridized carbons (Fsp3) is 0.211. The van der Waals surface area contributed by atoms with Crippen molar-refractivity contribution in [2.45, 2.75) is 12.6 Å². The van der Waals surface area contributed by atoms with Gasteiger partial charge in [0.15, 0.2) is 11.5 Å². The minimum Gasteiger partial charge on any atom is -0.485 e. The molecule has 1 aromatic heterocycles. The first-order chi connectivity index (χ1) is 13.1. The summed E-state index contributed by atoms with van der Waals surface area (Å²) >= 11 is 3.42. The highest BCUT2D eigenvalue weighted by molar-refractivity contribution is 9.10. The molecule has 138 valence electrons. The first kappa shape index (κ1) is 17.5. The number of hydrogen-bond acceptors (Lipinski definition) is 6. The fourth-order valence-electron chi connectivity index (χ4n) is 2.73. The summed E-state index contributed by atoms with van der Waals surface area (Å²) in [6.07, 6.45) is -0.711. The summed E-state index contributed by atoms with van der Waals surface area (Å²) in [5.74, 6) is 1.80. The summed E-state index contributed by atoms with van der Waals surface area (Å²) in [6.45, 7) is 0.342. The number of fused-ring (bicyclic) bond motifs is 1. The number of carbonyl (C=O) groups excluding carboxylic acids is 1. The molecule has 1 amide bonds. The van der Waals surface area contributed by atoms with Gasteiger partial charge in [0, 0.05) is 17.1 Å². The summed E-state index contributed by atoms with van der Waals surface area (Å²) in [5, 5.41) is 3.98. The summed E-state index contributed by atoms with van der Waals surface area (Å²) in [4.78, 5) is 18.5. The van der Waals surface area contributed by atoms with Gasteiger partial charge < -0.3 is 18.9 Å². The molecule has 27 heavy (non-hydrogen) atoms. The van der Waals surface area contributed by atoms with E-state index in [2.05, 4.69) is 26.1 Å². The number of aromatic nitrogens is 2. The van der Waals surface area contributed by atoms with Gasteiger partial charge in [-0.25, -0.2) is 0 Å². The lowest BCUT2D eigenvalue weighted by atomic mass is 10.2. The van der Waals surface area contributed by atoms with Crippen LogP contribution in [0, 0.1) is 0 Å². The zero-order chi connectivity index (χ0) is 18.8. The third-order valence-electron chi connectivity index (χ3n) is 4.08. The molecule has 2 heterocycles. The van der Waals surface area contributed by atoms with Crippen molar-refractivity contribution in [2.24, 2.45) is 0 Å². The lowest BCUT2D eigenvalue weighted by Crippen LogP contribution is -2.44. The van der Waals surface area contributed by atoms with Gasteiger partial charge in [0.2, 0.25) is 17.8 Å². The van der Waals surface area contributed by atoms with E-state index < -0.39 is 6.10 Å². The van der Waals surface area contributed by atoms with Crippen LogP contribution in [0.15, 0.2) is 57.5 Å². The van der Waals surface area contributed by atoms with Crippen molar-refractivity contribution in [3.63, 3.8) is 0 Å². The van der Waals surface area contributed by atoms with Crippen molar-refractivity contribution < 1.29 is 18.8 Å². The van der Waals surface area contributed by atoms with Crippen LogP contribution in [0.1, 0.15) is 5.89 Å². The number of amides is 1. The molecule has 0 saturated heterocycles. The first-order valence-electron chi connectivity index (χ1n) is 8.32. The van der Waals surface area contributed by atoms with Crippen molar-refractivity contribution in [3.05, 3.63) is 58.9 Å². The number of nitrogens with zero attached hydrogens (tertiary/aromatic N) is 3. The van der Waals surface area contributed by atoms with Gasteiger partial charge in [-0.3, -0.25) is 4.79 Å². The summed E-state index contributed by atoms with van der Waals surface area (Å²) in [7, 11) is 1.66. The molecule has 0 saturated carbocycles. The molecule has 1 aliphatic rings. The van der Waals surface area contributed by atoms with Crippen LogP contribution in [0.5, 0.6) is 11.5 Å². The van der Waals surface area contributed by atoms with Gasteiger partial charge in [0.05, 0.1) is 6.54 Å². The normalized spacial score (nSPS) is 15.4. The SMILES string of the molecule is CN(Cc1nc(-c2cccc(Br)c2)no1)C(=O)C1COc2ccccc2O1. The van der Waals surface area contributed by atoms with Gasteiger partial charge in [-0.2, -0.15) is 4.98 Å². The number of likely N-dealkylation sites (N-methyl/N-ethyl adjacent to an activating group) is 1. The Morgan fingerprint density at radius 2 is 2.04 bits per heavy atom. The number of halogens is 1. The molecule has 8 heteroatoms. The summed E-state index contributed by atoms with van der Waals surface area (Å²) in [5.41, 5.74) is 0.828. The van der Waals surface area contributed by atoms with Gasteiger partial charge in [-0.05, 0) is 24.3 Å². The molecule has 2 aromatic carbocycles. The van der Waals surface area contributed by atoms with Crippen LogP contribution < -0.4 is 9.47 Å². The molecule has 3 aromatic rings. The number of rotatable bonds is 4. The third-order valence-corrected chi connectivity index (χ3v) is 4.58. The van der Waals surface area contributed by atoms with Crippen molar-refractivity contribution in [1.29, 1.82) is 0 Å². The molecular formula is C19H16BrN3O4. The maximum atomic E-state index is 12.7. The lowest BCUT2D eigenvalue weighted by Gasteiger charge is -2.28. The Hall–Kier alpha value is -2.87. The van der Waals surface area contributed by atoms with Crippen LogP contribution in [0.2, 0.25) is 0 Å². The van der Waals surface area contributed by atoms with Crippen LogP contribution in [0.25, 0.3) is 11.4 Å². The Kier molecular flexibility index (Phi) is 4.81. The van der Waals surface area contributed by atoms with Gasteiger partial charge >= 0.3 is 0 Å². The zero-order valence-electron chi connectivity index (χ0n) is 14.5. The quantitative estimate of drug-likeness (QED) is 0.632. The number of hydrogen-bond donors (Lipinski definition) is 0.